The fraction of sp³-hybridized carbons (Fsp3) is 0.0870. The zero-order valence-corrected chi connectivity index (χ0v) is 17.7. The van der Waals surface area contributed by atoms with E-state index in [2.05, 4.69) is 17.2 Å². The molecule has 1 amide bonds. The molecule has 0 bridgehead atoms. The molecule has 0 heterocycles. The molecular weight excluding hydrogens is 420 g/mol. The summed E-state index contributed by atoms with van der Waals surface area (Å²) in [5.74, 6) is 5.65. The molecule has 7 heteroatoms. The maximum atomic E-state index is 12.6. The van der Waals surface area contributed by atoms with Gasteiger partial charge in [-0.25, -0.2) is 8.42 Å². The van der Waals surface area contributed by atoms with Crippen molar-refractivity contribution in [3.63, 3.8) is 0 Å². The van der Waals surface area contributed by atoms with Crippen LogP contribution < -0.4 is 5.32 Å². The average Bonchev–Trinajstić information content (AvgIpc) is 2.73. The van der Waals surface area contributed by atoms with Crippen LogP contribution in [0.2, 0.25) is 5.02 Å². The van der Waals surface area contributed by atoms with Crippen molar-refractivity contribution in [3.8, 4) is 11.8 Å². The van der Waals surface area contributed by atoms with E-state index in [4.69, 9.17) is 11.6 Å². The van der Waals surface area contributed by atoms with Gasteiger partial charge in [0.2, 0.25) is 15.9 Å². The van der Waals surface area contributed by atoms with Gasteiger partial charge in [-0.3, -0.25) is 4.79 Å². The fourth-order valence-corrected chi connectivity index (χ4v) is 3.87. The van der Waals surface area contributed by atoms with Gasteiger partial charge in [0.15, 0.2) is 0 Å². The number of rotatable bonds is 5. The summed E-state index contributed by atoms with van der Waals surface area (Å²) in [5.41, 5.74) is 2.16. The van der Waals surface area contributed by atoms with Crippen molar-refractivity contribution in [1.29, 1.82) is 0 Å². The first kappa shape index (κ1) is 21.6. The molecule has 3 rings (SSSR count). The molecule has 3 aromatic rings. The number of hydrogen-bond acceptors (Lipinski definition) is 3. The Balaban J connectivity index is 1.66. The molecule has 0 fully saturated rings. The van der Waals surface area contributed by atoms with Crippen LogP contribution in [0, 0.1) is 11.8 Å². The second-order valence-corrected chi connectivity index (χ2v) is 8.94. The Morgan fingerprint density at radius 3 is 2.27 bits per heavy atom. The average molecular weight is 439 g/mol. The molecule has 0 aromatic heterocycles. The highest BCUT2D eigenvalue weighted by molar-refractivity contribution is 7.89. The van der Waals surface area contributed by atoms with Crippen LogP contribution in [0.4, 0.5) is 5.69 Å². The summed E-state index contributed by atoms with van der Waals surface area (Å²) < 4.78 is 26.2. The molecule has 30 heavy (non-hydrogen) atoms. The Bertz CT molecular complexity index is 1200. The Morgan fingerprint density at radius 2 is 1.57 bits per heavy atom. The van der Waals surface area contributed by atoms with E-state index in [0.717, 1.165) is 15.4 Å². The number of carbonyl (C=O) groups is 1. The summed E-state index contributed by atoms with van der Waals surface area (Å²) in [4.78, 5) is 12.4. The van der Waals surface area contributed by atoms with Crippen LogP contribution >= 0.6 is 11.6 Å². The van der Waals surface area contributed by atoms with Crippen LogP contribution in [-0.4, -0.2) is 32.2 Å². The third kappa shape index (κ3) is 5.71. The quantitative estimate of drug-likeness (QED) is 0.612. The minimum atomic E-state index is -3.80. The van der Waals surface area contributed by atoms with Crippen molar-refractivity contribution in [3.05, 3.63) is 95.0 Å². The summed E-state index contributed by atoms with van der Waals surface area (Å²) in [6.07, 6.45) is 0. The van der Waals surface area contributed by atoms with Gasteiger partial charge in [-0.2, -0.15) is 4.31 Å². The highest BCUT2D eigenvalue weighted by Crippen LogP contribution is 2.17. The van der Waals surface area contributed by atoms with E-state index in [9.17, 15) is 13.2 Å². The smallest absolute Gasteiger partial charge is 0.243 e. The lowest BCUT2D eigenvalue weighted by Gasteiger charge is -2.17. The predicted octanol–water partition coefficient (Wildman–Crippen LogP) is 4.00. The van der Waals surface area contributed by atoms with Gasteiger partial charge in [-0.05, 0) is 54.6 Å². The Kier molecular flexibility index (Phi) is 6.91. The number of anilines is 1. The van der Waals surface area contributed by atoms with E-state index < -0.39 is 15.9 Å². The van der Waals surface area contributed by atoms with Crippen LogP contribution in [0.3, 0.4) is 0 Å². The standard InChI is InChI=1S/C23H19ClN2O3S/c1-26(30(28,29)22-14-12-20(24)13-15-22)17-23(27)25-21-9-5-8-19(16-21)11-10-18-6-3-2-4-7-18/h2-9,12-16H,17H2,1H3,(H,25,27). The molecule has 0 spiro atoms. The number of halogens is 1. The first-order valence-corrected chi connectivity index (χ1v) is 10.9. The van der Waals surface area contributed by atoms with Gasteiger partial charge in [0.05, 0.1) is 11.4 Å². The highest BCUT2D eigenvalue weighted by Gasteiger charge is 2.22. The third-order valence-electron chi connectivity index (χ3n) is 4.16. The van der Waals surface area contributed by atoms with Gasteiger partial charge in [0, 0.05) is 28.9 Å². The molecule has 0 saturated heterocycles. The molecule has 152 valence electrons. The van der Waals surface area contributed by atoms with Gasteiger partial charge in [0.25, 0.3) is 0 Å². The zero-order valence-electron chi connectivity index (χ0n) is 16.2. The monoisotopic (exact) mass is 438 g/mol. The van der Waals surface area contributed by atoms with Crippen molar-refractivity contribution < 1.29 is 13.2 Å². The maximum Gasteiger partial charge on any atom is 0.243 e. The van der Waals surface area contributed by atoms with Gasteiger partial charge >= 0.3 is 0 Å². The minimum Gasteiger partial charge on any atom is -0.325 e. The van der Waals surface area contributed by atoms with Crippen molar-refractivity contribution in [1.82, 2.24) is 4.31 Å². The molecule has 0 aliphatic heterocycles. The van der Waals surface area contributed by atoms with Gasteiger partial charge in [-0.15, -0.1) is 0 Å². The van der Waals surface area contributed by atoms with Gasteiger partial charge in [0.1, 0.15) is 0 Å². The second kappa shape index (κ2) is 9.59. The number of hydrogen-bond donors (Lipinski definition) is 1. The maximum absolute atomic E-state index is 12.6. The topological polar surface area (TPSA) is 66.5 Å². The summed E-state index contributed by atoms with van der Waals surface area (Å²) in [6.45, 7) is -0.328. The van der Waals surface area contributed by atoms with Crippen molar-refractivity contribution in [2.75, 3.05) is 18.9 Å². The molecule has 5 nitrogen and oxygen atoms in total. The summed E-state index contributed by atoms with van der Waals surface area (Å²) >= 11 is 5.80. The number of benzene rings is 3. The first-order chi connectivity index (χ1) is 14.3. The lowest BCUT2D eigenvalue weighted by molar-refractivity contribution is -0.116. The van der Waals surface area contributed by atoms with Gasteiger partial charge < -0.3 is 5.32 Å². The summed E-state index contributed by atoms with van der Waals surface area (Å²) in [5, 5.41) is 3.14. The van der Waals surface area contributed by atoms with Crippen LogP contribution in [0.15, 0.2) is 83.8 Å². The Morgan fingerprint density at radius 1 is 0.933 bits per heavy atom. The number of nitrogens with zero attached hydrogens (tertiary/aromatic N) is 1. The number of sulfonamides is 1. The van der Waals surface area contributed by atoms with E-state index in [-0.39, 0.29) is 11.4 Å². The van der Waals surface area contributed by atoms with E-state index in [1.54, 1.807) is 18.2 Å². The number of amides is 1. The molecule has 0 unspecified atom stereocenters. The lowest BCUT2D eigenvalue weighted by Crippen LogP contribution is -2.34. The van der Waals surface area contributed by atoms with E-state index in [1.807, 2.05) is 36.4 Å². The van der Waals surface area contributed by atoms with E-state index >= 15 is 0 Å². The largest absolute Gasteiger partial charge is 0.325 e. The number of carbonyl (C=O) groups excluding carboxylic acids is 1. The minimum absolute atomic E-state index is 0.0698. The number of nitrogens with one attached hydrogen (secondary N) is 1. The molecular formula is C23H19ClN2O3S. The normalized spacial score (nSPS) is 10.9. The van der Waals surface area contributed by atoms with E-state index in [0.29, 0.717) is 10.7 Å². The summed E-state index contributed by atoms with van der Waals surface area (Å²) in [6, 6.07) is 22.4. The Labute approximate surface area is 181 Å². The fourth-order valence-electron chi connectivity index (χ4n) is 2.61. The first-order valence-electron chi connectivity index (χ1n) is 9.03. The zero-order chi connectivity index (χ0) is 21.6. The molecule has 0 saturated carbocycles. The molecule has 0 radical (unpaired) electrons. The second-order valence-electron chi connectivity index (χ2n) is 6.46. The van der Waals surface area contributed by atoms with Crippen molar-refractivity contribution in [2.45, 2.75) is 4.90 Å². The van der Waals surface area contributed by atoms with Gasteiger partial charge in [-0.1, -0.05) is 47.7 Å². The lowest BCUT2D eigenvalue weighted by atomic mass is 10.1. The van der Waals surface area contributed by atoms with Crippen LogP contribution in [0.1, 0.15) is 11.1 Å². The molecule has 3 aromatic carbocycles. The SMILES string of the molecule is CN(CC(=O)Nc1cccc(C#Cc2ccccc2)c1)S(=O)(=O)c1ccc(Cl)cc1. The van der Waals surface area contributed by atoms with Crippen LogP contribution in [0.25, 0.3) is 0 Å². The van der Waals surface area contributed by atoms with Crippen molar-refractivity contribution >= 4 is 33.2 Å². The predicted molar refractivity (Wildman–Crippen MR) is 119 cm³/mol. The molecule has 0 atom stereocenters. The highest BCUT2D eigenvalue weighted by atomic mass is 35.5. The third-order valence-corrected chi connectivity index (χ3v) is 6.23. The van der Waals surface area contributed by atoms with Crippen LogP contribution in [-0.2, 0) is 14.8 Å². The van der Waals surface area contributed by atoms with E-state index in [1.165, 1.54) is 31.3 Å². The molecule has 0 aliphatic carbocycles. The number of likely N-dealkylation sites (N-methyl/N-ethyl adjacent to an activating group) is 1. The summed E-state index contributed by atoms with van der Waals surface area (Å²) in [7, 11) is -2.45. The Hall–Kier alpha value is -3.11. The van der Waals surface area contributed by atoms with Crippen LogP contribution in [0.5, 0.6) is 0 Å². The molecule has 1 N–H and O–H groups in total. The van der Waals surface area contributed by atoms with Crippen molar-refractivity contribution in [2.24, 2.45) is 0 Å². The molecule has 0 aliphatic rings.